The quantitative estimate of drug-likeness (QED) is 0.473. The van der Waals surface area contributed by atoms with Gasteiger partial charge in [-0.25, -0.2) is 0 Å². The van der Waals surface area contributed by atoms with Gasteiger partial charge in [-0.15, -0.1) is 0 Å². The monoisotopic (exact) mass is 417 g/mol. The number of nitrogens with one attached hydrogen (secondary N) is 1. The van der Waals surface area contributed by atoms with Crippen LogP contribution in [0.25, 0.3) is 0 Å². The molecule has 0 amide bonds. The average Bonchev–Trinajstić information content (AvgIpc) is 2.72. The van der Waals surface area contributed by atoms with E-state index in [9.17, 15) is 0 Å². The zero-order valence-electron chi connectivity index (χ0n) is 15.7. The van der Waals surface area contributed by atoms with E-state index in [2.05, 4.69) is 5.32 Å². The Balaban J connectivity index is 1.68. The van der Waals surface area contributed by atoms with E-state index in [4.69, 9.17) is 37.4 Å². The van der Waals surface area contributed by atoms with Gasteiger partial charge < -0.3 is 19.5 Å². The lowest BCUT2D eigenvalue weighted by Gasteiger charge is -2.15. The van der Waals surface area contributed by atoms with Crippen LogP contribution in [0.15, 0.2) is 60.7 Å². The summed E-state index contributed by atoms with van der Waals surface area (Å²) in [5.74, 6) is 1.93. The fraction of sp³-hybridized carbons (Fsp3) is 0.182. The van der Waals surface area contributed by atoms with Crippen molar-refractivity contribution in [2.75, 3.05) is 19.5 Å². The second-order valence-electron chi connectivity index (χ2n) is 6.11. The van der Waals surface area contributed by atoms with Crippen molar-refractivity contribution in [2.24, 2.45) is 0 Å². The van der Waals surface area contributed by atoms with Crippen LogP contribution in [0, 0.1) is 0 Å². The Kier molecular flexibility index (Phi) is 6.90. The lowest BCUT2D eigenvalue weighted by molar-refractivity contribution is 0.284. The van der Waals surface area contributed by atoms with E-state index in [1.807, 2.05) is 60.7 Å². The highest BCUT2D eigenvalue weighted by atomic mass is 35.5. The highest BCUT2D eigenvalue weighted by Gasteiger charge is 2.12. The van der Waals surface area contributed by atoms with E-state index in [1.165, 1.54) is 0 Å². The predicted octanol–water partition coefficient (Wildman–Crippen LogP) is 6.20. The molecule has 0 heterocycles. The Hall–Kier alpha value is -2.56. The molecule has 1 N–H and O–H groups in total. The minimum absolute atomic E-state index is 0.372. The van der Waals surface area contributed by atoms with Crippen molar-refractivity contribution in [3.8, 4) is 17.2 Å². The van der Waals surface area contributed by atoms with Crippen LogP contribution in [0.3, 0.4) is 0 Å². The van der Waals surface area contributed by atoms with Crippen LogP contribution < -0.4 is 19.5 Å². The van der Waals surface area contributed by atoms with Crippen LogP contribution in [0.1, 0.15) is 11.1 Å². The van der Waals surface area contributed by atoms with E-state index >= 15 is 0 Å². The molecule has 6 heteroatoms. The number of hydrogen-bond acceptors (Lipinski definition) is 4. The van der Waals surface area contributed by atoms with E-state index in [0.29, 0.717) is 34.7 Å². The van der Waals surface area contributed by atoms with E-state index in [1.54, 1.807) is 14.2 Å². The summed E-state index contributed by atoms with van der Waals surface area (Å²) in [5, 5.41) is 4.54. The maximum absolute atomic E-state index is 6.46. The van der Waals surface area contributed by atoms with Crippen LogP contribution in [0.4, 0.5) is 5.69 Å². The van der Waals surface area contributed by atoms with E-state index in [0.717, 1.165) is 22.6 Å². The third-order valence-corrected chi connectivity index (χ3v) is 4.71. The van der Waals surface area contributed by atoms with Crippen LogP contribution in [-0.4, -0.2) is 14.2 Å². The number of rotatable bonds is 8. The van der Waals surface area contributed by atoms with Gasteiger partial charge in [0.25, 0.3) is 0 Å². The second kappa shape index (κ2) is 9.58. The SMILES string of the molecule is COc1ccc(NCc2cc(Cl)c(OCc3ccc(Cl)cc3)c(OC)c2)cc1. The molecule has 0 saturated heterocycles. The van der Waals surface area contributed by atoms with Crippen LogP contribution in [-0.2, 0) is 13.2 Å². The molecule has 3 aromatic rings. The van der Waals surface area contributed by atoms with Crippen LogP contribution in [0.5, 0.6) is 17.2 Å². The summed E-state index contributed by atoms with van der Waals surface area (Å²) in [6, 6.07) is 19.0. The fourth-order valence-corrected chi connectivity index (χ4v) is 3.08. The molecule has 0 saturated carbocycles. The molecule has 0 unspecified atom stereocenters. The smallest absolute Gasteiger partial charge is 0.180 e. The molecule has 3 rings (SSSR count). The molecule has 0 aliphatic rings. The van der Waals surface area contributed by atoms with Crippen molar-refractivity contribution in [3.63, 3.8) is 0 Å². The molecule has 28 heavy (non-hydrogen) atoms. The zero-order valence-corrected chi connectivity index (χ0v) is 17.2. The predicted molar refractivity (Wildman–Crippen MR) is 114 cm³/mol. The number of hydrogen-bond donors (Lipinski definition) is 1. The zero-order chi connectivity index (χ0) is 19.9. The van der Waals surface area contributed by atoms with Gasteiger partial charge in [-0.3, -0.25) is 0 Å². The molecule has 146 valence electrons. The molecule has 3 aromatic carbocycles. The average molecular weight is 418 g/mol. The normalized spacial score (nSPS) is 10.4. The van der Waals surface area contributed by atoms with Crippen molar-refractivity contribution in [2.45, 2.75) is 13.2 Å². The van der Waals surface area contributed by atoms with Gasteiger partial charge in [0.15, 0.2) is 11.5 Å². The first-order valence-electron chi connectivity index (χ1n) is 8.70. The van der Waals surface area contributed by atoms with Crippen LogP contribution >= 0.6 is 23.2 Å². The van der Waals surface area contributed by atoms with E-state index in [-0.39, 0.29) is 0 Å². The summed E-state index contributed by atoms with van der Waals surface area (Å²) in [7, 11) is 3.24. The Morgan fingerprint density at radius 2 is 1.54 bits per heavy atom. The molecule has 4 nitrogen and oxygen atoms in total. The number of anilines is 1. The molecule has 0 aliphatic carbocycles. The summed E-state index contributed by atoms with van der Waals surface area (Å²) < 4.78 is 16.5. The van der Waals surface area contributed by atoms with Gasteiger partial charge in [-0.2, -0.15) is 0 Å². The highest BCUT2D eigenvalue weighted by Crippen LogP contribution is 2.37. The first kappa shape index (κ1) is 20.2. The minimum Gasteiger partial charge on any atom is -0.497 e. The number of ether oxygens (including phenoxy) is 3. The van der Waals surface area contributed by atoms with Crippen molar-refractivity contribution in [1.82, 2.24) is 0 Å². The van der Waals surface area contributed by atoms with Gasteiger partial charge in [0, 0.05) is 17.3 Å². The minimum atomic E-state index is 0.372. The standard InChI is InChI=1S/C22H21Cl2NO3/c1-26-19-9-7-18(8-10-19)25-13-16-11-20(24)22(21(12-16)27-2)28-14-15-3-5-17(23)6-4-15/h3-12,25H,13-14H2,1-2H3. The molecule has 0 bridgehead atoms. The van der Waals surface area contributed by atoms with Crippen molar-refractivity contribution in [1.29, 1.82) is 0 Å². The topological polar surface area (TPSA) is 39.7 Å². The summed E-state index contributed by atoms with van der Waals surface area (Å²) >= 11 is 12.4. The third kappa shape index (κ3) is 5.24. The first-order valence-corrected chi connectivity index (χ1v) is 9.46. The largest absolute Gasteiger partial charge is 0.497 e. The summed E-state index contributed by atoms with van der Waals surface area (Å²) in [6.07, 6.45) is 0. The van der Waals surface area contributed by atoms with Gasteiger partial charge in [0.05, 0.1) is 19.2 Å². The first-order chi connectivity index (χ1) is 13.6. The summed E-state index contributed by atoms with van der Waals surface area (Å²) in [5.41, 5.74) is 2.96. The van der Waals surface area contributed by atoms with Crippen molar-refractivity contribution >= 4 is 28.9 Å². The number of benzene rings is 3. The third-order valence-electron chi connectivity index (χ3n) is 4.17. The Morgan fingerprint density at radius 1 is 0.821 bits per heavy atom. The molecule has 0 aliphatic heterocycles. The summed E-state index contributed by atoms with van der Waals surface area (Å²) in [4.78, 5) is 0. The number of methoxy groups -OCH3 is 2. The van der Waals surface area contributed by atoms with Crippen LogP contribution in [0.2, 0.25) is 10.0 Å². The van der Waals surface area contributed by atoms with Gasteiger partial charge >= 0.3 is 0 Å². The lowest BCUT2D eigenvalue weighted by Crippen LogP contribution is -2.02. The Labute approximate surface area is 175 Å². The van der Waals surface area contributed by atoms with Gasteiger partial charge in [-0.1, -0.05) is 35.3 Å². The maximum Gasteiger partial charge on any atom is 0.180 e. The highest BCUT2D eigenvalue weighted by molar-refractivity contribution is 6.32. The lowest BCUT2D eigenvalue weighted by atomic mass is 10.2. The molecular formula is C22H21Cl2NO3. The molecule has 0 atom stereocenters. The molecule has 0 fully saturated rings. The number of halogens is 2. The van der Waals surface area contributed by atoms with E-state index < -0.39 is 0 Å². The van der Waals surface area contributed by atoms with Crippen molar-refractivity contribution in [3.05, 3.63) is 81.8 Å². The van der Waals surface area contributed by atoms with Crippen molar-refractivity contribution < 1.29 is 14.2 Å². The molecule has 0 aromatic heterocycles. The van der Waals surface area contributed by atoms with Gasteiger partial charge in [0.2, 0.25) is 0 Å². The second-order valence-corrected chi connectivity index (χ2v) is 6.95. The Morgan fingerprint density at radius 3 is 2.18 bits per heavy atom. The van der Waals surface area contributed by atoms with Gasteiger partial charge in [-0.05, 0) is 59.7 Å². The maximum atomic E-state index is 6.46. The molecular weight excluding hydrogens is 397 g/mol. The fourth-order valence-electron chi connectivity index (χ4n) is 2.66. The molecule has 0 radical (unpaired) electrons. The summed E-state index contributed by atoms with van der Waals surface area (Å²) in [6.45, 7) is 0.969. The Bertz CT molecular complexity index is 912. The van der Waals surface area contributed by atoms with Gasteiger partial charge in [0.1, 0.15) is 12.4 Å². The molecule has 0 spiro atoms.